The Hall–Kier alpha value is -1.97. The van der Waals surface area contributed by atoms with Crippen LogP contribution >= 0.6 is 0 Å². The average Bonchev–Trinajstić information content (AvgIpc) is 2.90. The van der Waals surface area contributed by atoms with E-state index in [2.05, 4.69) is 15.3 Å². The number of aromatic nitrogens is 2. The summed E-state index contributed by atoms with van der Waals surface area (Å²) < 4.78 is 12.8. The highest BCUT2D eigenvalue weighted by Crippen LogP contribution is 2.24. The zero-order chi connectivity index (χ0) is 13.1. The monoisotopic (exact) mass is 257 g/mol. The molecular weight excluding hydrogens is 241 g/mol. The van der Waals surface area contributed by atoms with Gasteiger partial charge in [-0.15, -0.1) is 0 Å². The van der Waals surface area contributed by atoms with E-state index in [1.54, 1.807) is 6.33 Å². The number of benzene rings is 1. The summed E-state index contributed by atoms with van der Waals surface area (Å²) in [5, 5.41) is 3.36. The number of halogens is 1. The second-order valence-electron chi connectivity index (χ2n) is 4.80. The molecule has 0 fully saturated rings. The molecule has 1 heterocycles. The first-order valence-electron chi connectivity index (χ1n) is 6.64. The van der Waals surface area contributed by atoms with Crippen LogP contribution in [-0.4, -0.2) is 16.5 Å². The molecule has 0 saturated carbocycles. The molecule has 3 nitrogen and oxygen atoms in total. The molecule has 1 aliphatic carbocycles. The normalized spacial score (nSPS) is 13.3. The van der Waals surface area contributed by atoms with E-state index in [1.807, 2.05) is 12.1 Å². The summed E-state index contributed by atoms with van der Waals surface area (Å²) in [5.74, 6) is 0.773. The fourth-order valence-electron chi connectivity index (χ4n) is 2.49. The molecule has 3 rings (SSSR count). The van der Waals surface area contributed by atoms with Gasteiger partial charge in [0.05, 0.1) is 0 Å². The molecule has 4 heteroatoms. The van der Waals surface area contributed by atoms with Crippen LogP contribution in [0.2, 0.25) is 0 Å². The molecule has 2 aromatic rings. The third-order valence-corrected chi connectivity index (χ3v) is 3.49. The van der Waals surface area contributed by atoms with Crippen LogP contribution in [0.25, 0.3) is 0 Å². The van der Waals surface area contributed by atoms with Crippen molar-refractivity contribution in [1.82, 2.24) is 9.97 Å². The Morgan fingerprint density at radius 3 is 2.79 bits per heavy atom. The summed E-state index contributed by atoms with van der Waals surface area (Å²) in [6.45, 7) is 0.801. The smallest absolute Gasteiger partial charge is 0.132 e. The third-order valence-electron chi connectivity index (χ3n) is 3.49. The number of rotatable bonds is 4. The van der Waals surface area contributed by atoms with Gasteiger partial charge in [-0.25, -0.2) is 14.4 Å². The number of aryl methyl sites for hydroxylation is 1. The number of anilines is 1. The highest BCUT2D eigenvalue weighted by atomic mass is 19.1. The Bertz CT molecular complexity index is 566. The molecule has 0 spiro atoms. The minimum absolute atomic E-state index is 0.190. The van der Waals surface area contributed by atoms with Crippen molar-refractivity contribution in [1.29, 1.82) is 0 Å². The van der Waals surface area contributed by atoms with Crippen molar-refractivity contribution in [2.24, 2.45) is 0 Å². The lowest BCUT2D eigenvalue weighted by molar-refractivity contribution is 0.627. The minimum atomic E-state index is -0.190. The van der Waals surface area contributed by atoms with Gasteiger partial charge < -0.3 is 5.32 Å². The van der Waals surface area contributed by atoms with Gasteiger partial charge in [-0.3, -0.25) is 0 Å². The van der Waals surface area contributed by atoms with Gasteiger partial charge in [-0.2, -0.15) is 0 Å². The predicted molar refractivity (Wildman–Crippen MR) is 72.7 cm³/mol. The van der Waals surface area contributed by atoms with E-state index in [0.717, 1.165) is 37.2 Å². The Labute approximate surface area is 111 Å². The maximum absolute atomic E-state index is 12.8. The minimum Gasteiger partial charge on any atom is -0.369 e. The van der Waals surface area contributed by atoms with E-state index >= 15 is 0 Å². The van der Waals surface area contributed by atoms with E-state index in [-0.39, 0.29) is 5.82 Å². The standard InChI is InChI=1S/C15H16FN3/c16-12-6-4-11(5-7-12)8-9-17-15-13-2-1-3-14(13)18-10-19-15/h4-7,10H,1-3,8-9H2,(H,17,18,19). The van der Waals surface area contributed by atoms with E-state index in [4.69, 9.17) is 0 Å². The zero-order valence-corrected chi connectivity index (χ0v) is 10.7. The molecule has 1 aromatic carbocycles. The van der Waals surface area contributed by atoms with Gasteiger partial charge in [0.15, 0.2) is 0 Å². The van der Waals surface area contributed by atoms with E-state index < -0.39 is 0 Å². The highest BCUT2D eigenvalue weighted by Gasteiger charge is 2.16. The predicted octanol–water partition coefficient (Wildman–Crippen LogP) is 2.76. The summed E-state index contributed by atoms with van der Waals surface area (Å²) in [6, 6.07) is 6.64. The second-order valence-corrected chi connectivity index (χ2v) is 4.80. The number of hydrogen-bond acceptors (Lipinski definition) is 3. The lowest BCUT2D eigenvalue weighted by Crippen LogP contribution is -2.09. The summed E-state index contributed by atoms with van der Waals surface area (Å²) >= 11 is 0. The molecular formula is C15H16FN3. The number of nitrogens with one attached hydrogen (secondary N) is 1. The molecule has 98 valence electrons. The van der Waals surface area contributed by atoms with Crippen molar-refractivity contribution in [3.8, 4) is 0 Å². The van der Waals surface area contributed by atoms with Gasteiger partial charge in [0.2, 0.25) is 0 Å². The molecule has 0 saturated heterocycles. The SMILES string of the molecule is Fc1ccc(CCNc2ncnc3c2CCC3)cc1. The molecule has 1 aromatic heterocycles. The van der Waals surface area contributed by atoms with Crippen molar-refractivity contribution in [3.63, 3.8) is 0 Å². The van der Waals surface area contributed by atoms with Crippen molar-refractivity contribution < 1.29 is 4.39 Å². The van der Waals surface area contributed by atoms with Gasteiger partial charge >= 0.3 is 0 Å². The van der Waals surface area contributed by atoms with Crippen LogP contribution in [0.3, 0.4) is 0 Å². The largest absolute Gasteiger partial charge is 0.369 e. The fourth-order valence-corrected chi connectivity index (χ4v) is 2.49. The molecule has 0 aliphatic heterocycles. The van der Waals surface area contributed by atoms with Crippen LogP contribution in [0, 0.1) is 5.82 Å². The zero-order valence-electron chi connectivity index (χ0n) is 10.7. The van der Waals surface area contributed by atoms with E-state index in [9.17, 15) is 4.39 Å². The summed E-state index contributed by atoms with van der Waals surface area (Å²) in [5.41, 5.74) is 3.57. The topological polar surface area (TPSA) is 37.8 Å². The lowest BCUT2D eigenvalue weighted by Gasteiger charge is -2.09. The first-order chi connectivity index (χ1) is 9.33. The van der Waals surface area contributed by atoms with Gasteiger partial charge in [0.1, 0.15) is 18.0 Å². The quantitative estimate of drug-likeness (QED) is 0.915. The van der Waals surface area contributed by atoms with Crippen LogP contribution in [0.1, 0.15) is 23.2 Å². The van der Waals surface area contributed by atoms with Crippen LogP contribution < -0.4 is 5.32 Å². The summed E-state index contributed by atoms with van der Waals surface area (Å²) in [4.78, 5) is 8.62. The van der Waals surface area contributed by atoms with Gasteiger partial charge in [-0.05, 0) is 43.4 Å². The van der Waals surface area contributed by atoms with Crippen molar-refractivity contribution >= 4 is 5.82 Å². The molecule has 0 amide bonds. The van der Waals surface area contributed by atoms with Gasteiger partial charge in [-0.1, -0.05) is 12.1 Å². The molecule has 1 N–H and O–H groups in total. The highest BCUT2D eigenvalue weighted by molar-refractivity contribution is 5.48. The second kappa shape index (κ2) is 5.34. The summed E-state index contributed by atoms with van der Waals surface area (Å²) in [6.07, 6.45) is 5.78. The van der Waals surface area contributed by atoms with Crippen LogP contribution in [0.4, 0.5) is 10.2 Å². The Kier molecular flexibility index (Phi) is 3.40. The molecule has 19 heavy (non-hydrogen) atoms. The molecule has 0 bridgehead atoms. The number of nitrogens with zero attached hydrogens (tertiary/aromatic N) is 2. The maximum Gasteiger partial charge on any atom is 0.132 e. The Balaban J connectivity index is 1.61. The van der Waals surface area contributed by atoms with Crippen LogP contribution in [-0.2, 0) is 19.3 Å². The van der Waals surface area contributed by atoms with Crippen molar-refractivity contribution in [3.05, 3.63) is 53.2 Å². The molecule has 0 radical (unpaired) electrons. The van der Waals surface area contributed by atoms with Crippen LogP contribution in [0.5, 0.6) is 0 Å². The van der Waals surface area contributed by atoms with Gasteiger partial charge in [0.25, 0.3) is 0 Å². The summed E-state index contributed by atoms with van der Waals surface area (Å²) in [7, 11) is 0. The number of fused-ring (bicyclic) bond motifs is 1. The van der Waals surface area contributed by atoms with E-state index in [1.165, 1.54) is 29.8 Å². The fraction of sp³-hybridized carbons (Fsp3) is 0.333. The number of hydrogen-bond donors (Lipinski definition) is 1. The first kappa shape index (κ1) is 12.1. The van der Waals surface area contributed by atoms with Crippen LogP contribution in [0.15, 0.2) is 30.6 Å². The van der Waals surface area contributed by atoms with Crippen molar-refractivity contribution in [2.45, 2.75) is 25.7 Å². The lowest BCUT2D eigenvalue weighted by atomic mass is 10.1. The molecule has 0 unspecified atom stereocenters. The molecule has 0 atom stereocenters. The Morgan fingerprint density at radius 2 is 1.95 bits per heavy atom. The third kappa shape index (κ3) is 2.72. The molecule has 1 aliphatic rings. The first-order valence-corrected chi connectivity index (χ1v) is 6.64. The van der Waals surface area contributed by atoms with E-state index in [0.29, 0.717) is 0 Å². The maximum atomic E-state index is 12.8. The average molecular weight is 257 g/mol. The van der Waals surface area contributed by atoms with Crippen molar-refractivity contribution in [2.75, 3.05) is 11.9 Å². The van der Waals surface area contributed by atoms with Gasteiger partial charge in [0, 0.05) is 17.8 Å². The Morgan fingerprint density at radius 1 is 1.11 bits per heavy atom.